The smallest absolute Gasteiger partial charge is 0.105 e. The lowest BCUT2D eigenvalue weighted by molar-refractivity contribution is -0.0476. The highest BCUT2D eigenvalue weighted by Gasteiger charge is 2.44. The predicted molar refractivity (Wildman–Crippen MR) is 53.3 cm³/mol. The van der Waals surface area contributed by atoms with Crippen LogP contribution >= 0.6 is 15.9 Å². The van der Waals surface area contributed by atoms with Gasteiger partial charge in [-0.3, -0.25) is 4.68 Å². The molecule has 1 saturated carbocycles. The van der Waals surface area contributed by atoms with E-state index in [9.17, 15) is 5.11 Å². The number of nitrogens with zero attached hydrogens (tertiary/aromatic N) is 2. The fourth-order valence-electron chi connectivity index (χ4n) is 1.65. The standard InChI is InChI=1S/C9H11BrN2O/c1-2-9(13)4-3-8(9)12-6-7(10)5-11-12/h2,5-6,8,13H,1,3-4H2/t8?,9-/m1/s1. The van der Waals surface area contributed by atoms with E-state index in [1.54, 1.807) is 17.0 Å². The minimum atomic E-state index is -0.758. The van der Waals surface area contributed by atoms with Crippen molar-refractivity contribution >= 4 is 15.9 Å². The van der Waals surface area contributed by atoms with Gasteiger partial charge in [-0.2, -0.15) is 5.10 Å². The van der Waals surface area contributed by atoms with Gasteiger partial charge in [-0.05, 0) is 28.8 Å². The zero-order chi connectivity index (χ0) is 9.47. The molecule has 4 heteroatoms. The van der Waals surface area contributed by atoms with Crippen LogP contribution in [-0.2, 0) is 0 Å². The van der Waals surface area contributed by atoms with Crippen LogP contribution in [0.25, 0.3) is 0 Å². The molecular weight excluding hydrogens is 232 g/mol. The Balaban J connectivity index is 2.23. The molecule has 0 bridgehead atoms. The Morgan fingerprint density at radius 2 is 2.62 bits per heavy atom. The van der Waals surface area contributed by atoms with E-state index < -0.39 is 5.60 Å². The third-order valence-corrected chi connectivity index (χ3v) is 3.05. The summed E-state index contributed by atoms with van der Waals surface area (Å²) < 4.78 is 2.72. The van der Waals surface area contributed by atoms with Gasteiger partial charge in [0.1, 0.15) is 5.60 Å². The maximum absolute atomic E-state index is 9.95. The summed E-state index contributed by atoms with van der Waals surface area (Å²) in [5.74, 6) is 0. The SMILES string of the molecule is C=C[C@@]1(O)CCC1n1cc(Br)cn1. The lowest BCUT2D eigenvalue weighted by Crippen LogP contribution is -2.46. The van der Waals surface area contributed by atoms with Crippen LogP contribution in [0.5, 0.6) is 0 Å². The third kappa shape index (κ3) is 1.34. The van der Waals surface area contributed by atoms with Crippen LogP contribution in [0, 0.1) is 0 Å². The molecule has 0 saturated heterocycles. The number of aromatic nitrogens is 2. The Hall–Kier alpha value is -0.610. The molecule has 1 unspecified atom stereocenters. The average Bonchev–Trinajstić information content (AvgIpc) is 2.48. The fraction of sp³-hybridized carbons (Fsp3) is 0.444. The Bertz CT molecular complexity index is 336. The van der Waals surface area contributed by atoms with Crippen molar-refractivity contribution in [2.45, 2.75) is 24.5 Å². The van der Waals surface area contributed by atoms with E-state index in [0.29, 0.717) is 0 Å². The van der Waals surface area contributed by atoms with Crippen molar-refractivity contribution in [2.75, 3.05) is 0 Å². The third-order valence-electron chi connectivity index (χ3n) is 2.64. The largest absolute Gasteiger partial charge is 0.384 e. The zero-order valence-corrected chi connectivity index (χ0v) is 8.74. The van der Waals surface area contributed by atoms with Crippen LogP contribution in [0.2, 0.25) is 0 Å². The predicted octanol–water partition coefficient (Wildman–Crippen LogP) is 1.90. The van der Waals surface area contributed by atoms with Gasteiger partial charge in [0.25, 0.3) is 0 Å². The molecule has 1 aliphatic rings. The van der Waals surface area contributed by atoms with E-state index in [2.05, 4.69) is 27.6 Å². The van der Waals surface area contributed by atoms with Crippen molar-refractivity contribution in [3.05, 3.63) is 29.5 Å². The van der Waals surface area contributed by atoms with Crippen LogP contribution in [0.1, 0.15) is 18.9 Å². The molecular formula is C9H11BrN2O. The zero-order valence-electron chi connectivity index (χ0n) is 7.15. The second kappa shape index (κ2) is 2.96. The lowest BCUT2D eigenvalue weighted by atomic mass is 9.75. The number of halogens is 1. The normalized spacial score (nSPS) is 32.6. The molecule has 13 heavy (non-hydrogen) atoms. The van der Waals surface area contributed by atoms with E-state index >= 15 is 0 Å². The Labute approximate surface area is 85.2 Å². The topological polar surface area (TPSA) is 38.0 Å². The Kier molecular flexibility index (Phi) is 2.04. The van der Waals surface area contributed by atoms with Gasteiger partial charge in [-0.25, -0.2) is 0 Å². The van der Waals surface area contributed by atoms with Gasteiger partial charge in [-0.15, -0.1) is 6.58 Å². The van der Waals surface area contributed by atoms with E-state index in [-0.39, 0.29) is 6.04 Å². The lowest BCUT2D eigenvalue weighted by Gasteiger charge is -2.43. The first kappa shape index (κ1) is 8.97. The Morgan fingerprint density at radius 3 is 3.00 bits per heavy atom. The molecule has 0 aliphatic heterocycles. The van der Waals surface area contributed by atoms with E-state index in [0.717, 1.165) is 17.3 Å². The molecule has 0 radical (unpaired) electrons. The number of rotatable bonds is 2. The van der Waals surface area contributed by atoms with Crippen molar-refractivity contribution in [3.8, 4) is 0 Å². The highest BCUT2D eigenvalue weighted by molar-refractivity contribution is 9.10. The minimum absolute atomic E-state index is 0.0521. The molecule has 1 aromatic heterocycles. The Morgan fingerprint density at radius 1 is 1.85 bits per heavy atom. The molecule has 2 atom stereocenters. The quantitative estimate of drug-likeness (QED) is 0.805. The number of hydrogen-bond acceptors (Lipinski definition) is 2. The molecule has 0 spiro atoms. The molecule has 1 N–H and O–H groups in total. The fourth-order valence-corrected chi connectivity index (χ4v) is 1.96. The summed E-state index contributed by atoms with van der Waals surface area (Å²) in [6.07, 6.45) is 6.94. The molecule has 70 valence electrons. The maximum atomic E-state index is 9.95. The van der Waals surface area contributed by atoms with Gasteiger partial charge in [-0.1, -0.05) is 6.08 Å². The van der Waals surface area contributed by atoms with Crippen molar-refractivity contribution in [1.82, 2.24) is 9.78 Å². The van der Waals surface area contributed by atoms with Gasteiger partial charge < -0.3 is 5.11 Å². The van der Waals surface area contributed by atoms with Crippen LogP contribution in [0.3, 0.4) is 0 Å². The molecule has 3 nitrogen and oxygen atoms in total. The highest BCUT2D eigenvalue weighted by atomic mass is 79.9. The van der Waals surface area contributed by atoms with Crippen molar-refractivity contribution in [3.63, 3.8) is 0 Å². The van der Waals surface area contributed by atoms with Gasteiger partial charge in [0.05, 0.1) is 16.7 Å². The molecule has 2 rings (SSSR count). The first-order valence-electron chi connectivity index (χ1n) is 4.21. The van der Waals surface area contributed by atoms with Crippen molar-refractivity contribution in [1.29, 1.82) is 0 Å². The van der Waals surface area contributed by atoms with Gasteiger partial charge in [0.2, 0.25) is 0 Å². The summed E-state index contributed by atoms with van der Waals surface area (Å²) in [5, 5.41) is 14.1. The van der Waals surface area contributed by atoms with Crippen LogP contribution < -0.4 is 0 Å². The molecule has 0 amide bonds. The summed E-state index contributed by atoms with van der Waals surface area (Å²) in [6, 6.07) is 0.0521. The average molecular weight is 243 g/mol. The van der Waals surface area contributed by atoms with E-state index in [4.69, 9.17) is 0 Å². The van der Waals surface area contributed by atoms with E-state index in [1.807, 2.05) is 6.20 Å². The van der Waals surface area contributed by atoms with Crippen molar-refractivity contribution in [2.24, 2.45) is 0 Å². The first-order valence-corrected chi connectivity index (χ1v) is 5.00. The van der Waals surface area contributed by atoms with Gasteiger partial charge >= 0.3 is 0 Å². The van der Waals surface area contributed by atoms with Crippen LogP contribution in [-0.4, -0.2) is 20.5 Å². The second-order valence-corrected chi connectivity index (χ2v) is 4.30. The summed E-state index contributed by atoms with van der Waals surface area (Å²) >= 11 is 3.32. The minimum Gasteiger partial charge on any atom is -0.384 e. The van der Waals surface area contributed by atoms with Gasteiger partial charge in [0, 0.05) is 6.20 Å². The first-order chi connectivity index (χ1) is 6.15. The van der Waals surface area contributed by atoms with Crippen molar-refractivity contribution < 1.29 is 5.11 Å². The van der Waals surface area contributed by atoms with E-state index in [1.165, 1.54) is 0 Å². The van der Waals surface area contributed by atoms with Crippen LogP contribution in [0.4, 0.5) is 0 Å². The molecule has 1 heterocycles. The summed E-state index contributed by atoms with van der Waals surface area (Å²) in [5.41, 5.74) is -0.758. The van der Waals surface area contributed by atoms with Crippen LogP contribution in [0.15, 0.2) is 29.5 Å². The maximum Gasteiger partial charge on any atom is 0.105 e. The van der Waals surface area contributed by atoms with Gasteiger partial charge in [0.15, 0.2) is 0 Å². The monoisotopic (exact) mass is 242 g/mol. The summed E-state index contributed by atoms with van der Waals surface area (Å²) in [7, 11) is 0. The molecule has 1 aromatic rings. The summed E-state index contributed by atoms with van der Waals surface area (Å²) in [6.45, 7) is 3.63. The molecule has 0 aromatic carbocycles. The highest BCUT2D eigenvalue weighted by Crippen LogP contribution is 2.42. The number of aliphatic hydroxyl groups is 1. The number of hydrogen-bond donors (Lipinski definition) is 1. The summed E-state index contributed by atoms with van der Waals surface area (Å²) in [4.78, 5) is 0. The second-order valence-electron chi connectivity index (χ2n) is 3.39. The molecule has 1 fully saturated rings. The molecule has 1 aliphatic carbocycles.